The highest BCUT2D eigenvalue weighted by atomic mass is 16.4. The maximum Gasteiger partial charge on any atom is 0.303 e. The Kier molecular flexibility index (Phi) is 14.4. The molecule has 0 aliphatic heterocycles. The van der Waals surface area contributed by atoms with Crippen LogP contribution in [0.4, 0.5) is 0 Å². The van der Waals surface area contributed by atoms with Crippen molar-refractivity contribution in [3.63, 3.8) is 0 Å². The van der Waals surface area contributed by atoms with Gasteiger partial charge in [0, 0.05) is 6.42 Å². The van der Waals surface area contributed by atoms with E-state index in [1.165, 1.54) is 25.7 Å². The molecule has 0 amide bonds. The van der Waals surface area contributed by atoms with Crippen LogP contribution in [0.25, 0.3) is 0 Å². The Morgan fingerprint density at radius 2 is 1.27 bits per heavy atom. The monoisotopic (exact) mass is 314 g/mol. The zero-order chi connectivity index (χ0) is 16.6. The average Bonchev–Trinajstić information content (AvgIpc) is 2.48. The van der Waals surface area contributed by atoms with Crippen molar-refractivity contribution in [2.75, 3.05) is 0 Å². The van der Waals surface area contributed by atoms with Gasteiger partial charge in [0.2, 0.25) is 0 Å². The summed E-state index contributed by atoms with van der Waals surface area (Å²) in [6, 6.07) is 0. The highest BCUT2D eigenvalue weighted by molar-refractivity contribution is 5.66. The van der Waals surface area contributed by atoms with Crippen molar-refractivity contribution in [1.82, 2.24) is 0 Å². The van der Waals surface area contributed by atoms with E-state index in [0.29, 0.717) is 12.8 Å². The Labute approximate surface area is 135 Å². The van der Waals surface area contributed by atoms with Crippen molar-refractivity contribution in [3.8, 4) is 0 Å². The van der Waals surface area contributed by atoms with Gasteiger partial charge in [-0.1, -0.05) is 70.4 Å². The number of aliphatic hydroxyl groups is 2. The number of carbonyl (C=O) groups is 1. The summed E-state index contributed by atoms with van der Waals surface area (Å²) < 4.78 is 0. The zero-order valence-corrected chi connectivity index (χ0v) is 14.0. The molecule has 0 aromatic carbocycles. The van der Waals surface area contributed by atoms with Crippen LogP contribution in [0.2, 0.25) is 0 Å². The van der Waals surface area contributed by atoms with Crippen molar-refractivity contribution in [3.05, 3.63) is 12.2 Å². The molecule has 0 heterocycles. The second-order valence-electron chi connectivity index (χ2n) is 6.07. The average molecular weight is 314 g/mol. The molecule has 0 bridgehead atoms. The van der Waals surface area contributed by atoms with Gasteiger partial charge in [-0.3, -0.25) is 4.79 Å². The molecule has 4 nitrogen and oxygen atoms in total. The first kappa shape index (κ1) is 21.1. The lowest BCUT2D eigenvalue weighted by Gasteiger charge is -2.08. The van der Waals surface area contributed by atoms with Gasteiger partial charge in [-0.05, 0) is 19.3 Å². The summed E-state index contributed by atoms with van der Waals surface area (Å²) in [5.41, 5.74) is 0. The molecule has 2 atom stereocenters. The van der Waals surface area contributed by atoms with Gasteiger partial charge >= 0.3 is 5.97 Å². The van der Waals surface area contributed by atoms with Crippen LogP contribution in [0.1, 0.15) is 84.0 Å². The van der Waals surface area contributed by atoms with Gasteiger partial charge in [-0.25, -0.2) is 0 Å². The second-order valence-corrected chi connectivity index (χ2v) is 6.07. The van der Waals surface area contributed by atoms with Crippen LogP contribution in [0.15, 0.2) is 12.2 Å². The lowest BCUT2D eigenvalue weighted by molar-refractivity contribution is -0.137. The number of hydrogen-bond donors (Lipinski definition) is 3. The standard InChI is InChI=1S/C18H34O4/c1-2-3-4-5-6-8-11-16(19)14-15-17(20)12-9-7-10-13-18(21)22/h14-17,19-20H,2-13H2,1H3,(H,21,22)/t16-,17-/m0/s1. The molecule has 0 aliphatic carbocycles. The third kappa shape index (κ3) is 15.5. The van der Waals surface area contributed by atoms with Gasteiger partial charge in [-0.15, -0.1) is 0 Å². The van der Waals surface area contributed by atoms with E-state index in [1.807, 2.05) is 0 Å². The molecule has 0 fully saturated rings. The van der Waals surface area contributed by atoms with E-state index in [4.69, 9.17) is 5.11 Å². The van der Waals surface area contributed by atoms with Gasteiger partial charge < -0.3 is 15.3 Å². The summed E-state index contributed by atoms with van der Waals surface area (Å²) in [6.45, 7) is 2.20. The van der Waals surface area contributed by atoms with Crippen LogP contribution in [0, 0.1) is 0 Å². The smallest absolute Gasteiger partial charge is 0.303 e. The number of unbranched alkanes of at least 4 members (excludes halogenated alkanes) is 7. The predicted octanol–water partition coefficient (Wildman–Crippen LogP) is 4.05. The third-order valence-corrected chi connectivity index (χ3v) is 3.80. The van der Waals surface area contributed by atoms with E-state index in [0.717, 1.165) is 32.1 Å². The van der Waals surface area contributed by atoms with Gasteiger partial charge in [0.05, 0.1) is 12.2 Å². The Balaban J connectivity index is 3.52. The molecule has 0 aromatic heterocycles. The van der Waals surface area contributed by atoms with Crippen LogP contribution in [0.5, 0.6) is 0 Å². The zero-order valence-electron chi connectivity index (χ0n) is 14.0. The molecule has 0 aliphatic rings. The molecule has 22 heavy (non-hydrogen) atoms. The Morgan fingerprint density at radius 1 is 0.818 bits per heavy atom. The second kappa shape index (κ2) is 15.0. The first-order valence-corrected chi connectivity index (χ1v) is 8.82. The van der Waals surface area contributed by atoms with Gasteiger partial charge in [0.25, 0.3) is 0 Å². The van der Waals surface area contributed by atoms with E-state index in [1.54, 1.807) is 12.2 Å². The molecule has 0 spiro atoms. The molecule has 130 valence electrons. The maximum atomic E-state index is 10.3. The van der Waals surface area contributed by atoms with E-state index in [-0.39, 0.29) is 6.42 Å². The fourth-order valence-corrected chi connectivity index (χ4v) is 2.39. The number of carboxylic acid groups (broad SMARTS) is 1. The number of hydrogen-bond acceptors (Lipinski definition) is 3. The molecule has 0 unspecified atom stereocenters. The molecule has 0 saturated carbocycles. The highest BCUT2D eigenvalue weighted by Gasteiger charge is 2.03. The molecule has 0 saturated heterocycles. The lowest BCUT2D eigenvalue weighted by Crippen LogP contribution is -2.07. The van der Waals surface area contributed by atoms with Crippen LogP contribution in [-0.4, -0.2) is 33.5 Å². The minimum atomic E-state index is -0.765. The fraction of sp³-hybridized carbons (Fsp3) is 0.833. The van der Waals surface area contributed by atoms with E-state index in [2.05, 4.69) is 6.92 Å². The van der Waals surface area contributed by atoms with Crippen molar-refractivity contribution < 1.29 is 20.1 Å². The van der Waals surface area contributed by atoms with Crippen molar-refractivity contribution >= 4 is 5.97 Å². The van der Waals surface area contributed by atoms with Gasteiger partial charge in [0.1, 0.15) is 0 Å². The fourth-order valence-electron chi connectivity index (χ4n) is 2.39. The van der Waals surface area contributed by atoms with Gasteiger partial charge in [0.15, 0.2) is 0 Å². The molecular weight excluding hydrogens is 280 g/mol. The maximum absolute atomic E-state index is 10.3. The van der Waals surface area contributed by atoms with Crippen molar-refractivity contribution in [2.45, 2.75) is 96.2 Å². The Bertz CT molecular complexity index is 289. The van der Waals surface area contributed by atoms with Crippen LogP contribution in [-0.2, 0) is 4.79 Å². The van der Waals surface area contributed by atoms with Crippen LogP contribution in [0.3, 0.4) is 0 Å². The minimum Gasteiger partial charge on any atom is -0.481 e. The summed E-state index contributed by atoms with van der Waals surface area (Å²) in [5.74, 6) is -0.765. The van der Waals surface area contributed by atoms with Crippen LogP contribution < -0.4 is 0 Å². The van der Waals surface area contributed by atoms with Gasteiger partial charge in [-0.2, -0.15) is 0 Å². The first-order valence-electron chi connectivity index (χ1n) is 8.82. The Hall–Kier alpha value is -0.870. The lowest BCUT2D eigenvalue weighted by atomic mass is 10.1. The van der Waals surface area contributed by atoms with E-state index in [9.17, 15) is 15.0 Å². The first-order chi connectivity index (χ1) is 10.6. The van der Waals surface area contributed by atoms with E-state index >= 15 is 0 Å². The molecule has 0 radical (unpaired) electrons. The number of rotatable bonds is 15. The topological polar surface area (TPSA) is 77.8 Å². The van der Waals surface area contributed by atoms with Crippen LogP contribution >= 0.6 is 0 Å². The SMILES string of the molecule is CCCCCCCC[C@H](O)C=C[C@@H](O)CCCCCC(=O)O. The summed E-state index contributed by atoms with van der Waals surface area (Å²) >= 11 is 0. The summed E-state index contributed by atoms with van der Waals surface area (Å²) in [5, 5.41) is 28.1. The number of aliphatic carboxylic acids is 1. The molecule has 3 N–H and O–H groups in total. The van der Waals surface area contributed by atoms with E-state index < -0.39 is 18.2 Å². The molecule has 0 aromatic rings. The predicted molar refractivity (Wildman–Crippen MR) is 89.9 cm³/mol. The molecule has 0 rings (SSSR count). The molecular formula is C18H34O4. The Morgan fingerprint density at radius 3 is 1.77 bits per heavy atom. The third-order valence-electron chi connectivity index (χ3n) is 3.80. The van der Waals surface area contributed by atoms with Crippen molar-refractivity contribution in [1.29, 1.82) is 0 Å². The molecule has 4 heteroatoms. The van der Waals surface area contributed by atoms with Crippen molar-refractivity contribution in [2.24, 2.45) is 0 Å². The normalized spacial score (nSPS) is 14.3. The number of aliphatic hydroxyl groups excluding tert-OH is 2. The quantitative estimate of drug-likeness (QED) is 0.315. The minimum absolute atomic E-state index is 0.197. The highest BCUT2D eigenvalue weighted by Crippen LogP contribution is 2.11. The number of carboxylic acids is 1. The largest absolute Gasteiger partial charge is 0.481 e. The summed E-state index contributed by atoms with van der Waals surface area (Å²) in [7, 11) is 0. The summed E-state index contributed by atoms with van der Waals surface area (Å²) in [6.07, 6.45) is 13.5. The summed E-state index contributed by atoms with van der Waals surface area (Å²) in [4.78, 5) is 10.3.